The molecule has 0 saturated heterocycles. The fraction of sp³-hybridized carbons (Fsp3) is 0.500. The van der Waals surface area contributed by atoms with Crippen LogP contribution in [0, 0.1) is 0 Å². The molecule has 0 radical (unpaired) electrons. The standard InChI is InChI=1S/C10H14N2O/c11-8-4-1-3-7(8)9-5-2-6-10(13)12-9/h2,5-8H,1,3-4,11H2,(H,12,13). The molecule has 0 aromatic carbocycles. The van der Waals surface area contributed by atoms with Gasteiger partial charge < -0.3 is 10.7 Å². The molecule has 3 heteroatoms. The molecule has 1 aliphatic rings. The van der Waals surface area contributed by atoms with E-state index < -0.39 is 0 Å². The van der Waals surface area contributed by atoms with Gasteiger partial charge >= 0.3 is 0 Å². The number of rotatable bonds is 1. The molecule has 2 unspecified atom stereocenters. The fourth-order valence-electron chi connectivity index (χ4n) is 2.06. The number of nitrogens with one attached hydrogen (secondary N) is 1. The maximum absolute atomic E-state index is 11.1. The molecule has 0 bridgehead atoms. The number of hydrogen-bond donors (Lipinski definition) is 2. The topological polar surface area (TPSA) is 58.9 Å². The molecule has 13 heavy (non-hydrogen) atoms. The highest BCUT2D eigenvalue weighted by Gasteiger charge is 2.25. The third kappa shape index (κ3) is 1.65. The first-order valence-corrected chi connectivity index (χ1v) is 4.72. The van der Waals surface area contributed by atoms with Crippen LogP contribution in [0.15, 0.2) is 23.0 Å². The van der Waals surface area contributed by atoms with Gasteiger partial charge in [-0.15, -0.1) is 0 Å². The van der Waals surface area contributed by atoms with Crippen molar-refractivity contribution in [2.24, 2.45) is 5.73 Å². The first kappa shape index (κ1) is 8.51. The largest absolute Gasteiger partial charge is 0.327 e. The summed E-state index contributed by atoms with van der Waals surface area (Å²) in [5.41, 5.74) is 6.91. The molecular formula is C10H14N2O. The van der Waals surface area contributed by atoms with E-state index in [1.54, 1.807) is 6.07 Å². The van der Waals surface area contributed by atoms with E-state index in [-0.39, 0.29) is 11.6 Å². The van der Waals surface area contributed by atoms with E-state index in [1.165, 1.54) is 12.5 Å². The summed E-state index contributed by atoms with van der Waals surface area (Å²) in [5.74, 6) is 0.355. The van der Waals surface area contributed by atoms with E-state index in [9.17, 15) is 4.79 Å². The zero-order valence-electron chi connectivity index (χ0n) is 7.49. The molecule has 0 aliphatic heterocycles. The van der Waals surface area contributed by atoms with E-state index in [0.717, 1.165) is 18.5 Å². The predicted molar refractivity (Wildman–Crippen MR) is 51.6 cm³/mol. The number of aromatic nitrogens is 1. The molecule has 1 aliphatic carbocycles. The van der Waals surface area contributed by atoms with Crippen molar-refractivity contribution in [3.8, 4) is 0 Å². The summed E-state index contributed by atoms with van der Waals surface area (Å²) in [6.45, 7) is 0. The highest BCUT2D eigenvalue weighted by molar-refractivity contribution is 5.13. The van der Waals surface area contributed by atoms with E-state index in [0.29, 0.717) is 5.92 Å². The lowest BCUT2D eigenvalue weighted by Crippen LogP contribution is -2.24. The van der Waals surface area contributed by atoms with Gasteiger partial charge in [0.1, 0.15) is 0 Å². The van der Waals surface area contributed by atoms with Crippen LogP contribution < -0.4 is 11.3 Å². The van der Waals surface area contributed by atoms with Gasteiger partial charge in [0.05, 0.1) is 0 Å². The summed E-state index contributed by atoms with van der Waals surface area (Å²) in [6.07, 6.45) is 3.34. The second kappa shape index (κ2) is 3.34. The molecule has 0 spiro atoms. The Morgan fingerprint density at radius 1 is 1.38 bits per heavy atom. The first-order valence-electron chi connectivity index (χ1n) is 4.72. The molecule has 70 valence electrons. The summed E-state index contributed by atoms with van der Waals surface area (Å²) in [4.78, 5) is 13.9. The van der Waals surface area contributed by atoms with E-state index in [2.05, 4.69) is 4.98 Å². The Labute approximate surface area is 77.0 Å². The van der Waals surface area contributed by atoms with Crippen LogP contribution in [0.3, 0.4) is 0 Å². The fourth-order valence-corrected chi connectivity index (χ4v) is 2.06. The SMILES string of the molecule is NC1CCCC1c1cccc(=O)[nH]1. The summed E-state index contributed by atoms with van der Waals surface area (Å²) >= 11 is 0. The Morgan fingerprint density at radius 2 is 2.23 bits per heavy atom. The monoisotopic (exact) mass is 178 g/mol. The van der Waals surface area contributed by atoms with Crippen molar-refractivity contribution in [3.63, 3.8) is 0 Å². The van der Waals surface area contributed by atoms with Gasteiger partial charge in [-0.05, 0) is 18.9 Å². The molecule has 3 nitrogen and oxygen atoms in total. The molecular weight excluding hydrogens is 164 g/mol. The van der Waals surface area contributed by atoms with Crippen LogP contribution in [-0.4, -0.2) is 11.0 Å². The van der Waals surface area contributed by atoms with Crippen LogP contribution in [-0.2, 0) is 0 Å². The van der Waals surface area contributed by atoms with Crippen LogP contribution in [0.2, 0.25) is 0 Å². The molecule has 1 heterocycles. The summed E-state index contributed by atoms with van der Waals surface area (Å²) < 4.78 is 0. The van der Waals surface area contributed by atoms with E-state index >= 15 is 0 Å². The van der Waals surface area contributed by atoms with Crippen molar-refractivity contribution >= 4 is 0 Å². The molecule has 3 N–H and O–H groups in total. The Kier molecular flexibility index (Phi) is 2.19. The zero-order valence-corrected chi connectivity index (χ0v) is 7.49. The van der Waals surface area contributed by atoms with Crippen molar-refractivity contribution in [2.75, 3.05) is 0 Å². The molecule has 0 amide bonds. The van der Waals surface area contributed by atoms with Crippen LogP contribution in [0.5, 0.6) is 0 Å². The molecule has 1 aromatic rings. The van der Waals surface area contributed by atoms with Gasteiger partial charge in [-0.1, -0.05) is 12.5 Å². The van der Waals surface area contributed by atoms with Crippen LogP contribution in [0.25, 0.3) is 0 Å². The third-order valence-corrected chi connectivity index (χ3v) is 2.76. The minimum Gasteiger partial charge on any atom is -0.327 e. The maximum atomic E-state index is 11.1. The zero-order chi connectivity index (χ0) is 9.26. The number of H-pyrrole nitrogens is 1. The van der Waals surface area contributed by atoms with Gasteiger partial charge in [-0.25, -0.2) is 0 Å². The van der Waals surface area contributed by atoms with E-state index in [4.69, 9.17) is 5.73 Å². The molecule has 2 rings (SSSR count). The summed E-state index contributed by atoms with van der Waals surface area (Å²) in [6, 6.07) is 5.50. The Bertz CT molecular complexity index is 345. The molecule has 1 saturated carbocycles. The van der Waals surface area contributed by atoms with Gasteiger partial charge in [0, 0.05) is 23.7 Å². The van der Waals surface area contributed by atoms with Crippen molar-refractivity contribution < 1.29 is 0 Å². The van der Waals surface area contributed by atoms with Gasteiger partial charge in [-0.3, -0.25) is 4.79 Å². The Hall–Kier alpha value is -1.09. The number of nitrogens with two attached hydrogens (primary N) is 1. The quantitative estimate of drug-likeness (QED) is 0.673. The second-order valence-corrected chi connectivity index (χ2v) is 3.67. The van der Waals surface area contributed by atoms with Crippen LogP contribution in [0.1, 0.15) is 30.9 Å². The number of hydrogen-bond acceptors (Lipinski definition) is 2. The van der Waals surface area contributed by atoms with Crippen molar-refractivity contribution in [2.45, 2.75) is 31.2 Å². The van der Waals surface area contributed by atoms with Crippen LogP contribution in [0.4, 0.5) is 0 Å². The Balaban J connectivity index is 2.29. The number of pyridine rings is 1. The normalized spacial score (nSPS) is 27.8. The third-order valence-electron chi connectivity index (χ3n) is 2.76. The smallest absolute Gasteiger partial charge is 0.248 e. The maximum Gasteiger partial charge on any atom is 0.248 e. The lowest BCUT2D eigenvalue weighted by molar-refractivity contribution is 0.597. The predicted octanol–water partition coefficient (Wildman–Crippen LogP) is 0.970. The van der Waals surface area contributed by atoms with Crippen molar-refractivity contribution in [3.05, 3.63) is 34.2 Å². The van der Waals surface area contributed by atoms with Gasteiger partial charge in [-0.2, -0.15) is 0 Å². The van der Waals surface area contributed by atoms with Gasteiger partial charge in [0.2, 0.25) is 5.56 Å². The average Bonchev–Trinajstić information content (AvgIpc) is 2.51. The highest BCUT2D eigenvalue weighted by Crippen LogP contribution is 2.31. The van der Waals surface area contributed by atoms with Gasteiger partial charge in [0.15, 0.2) is 0 Å². The molecule has 2 atom stereocenters. The average molecular weight is 178 g/mol. The molecule has 1 fully saturated rings. The number of aromatic amines is 1. The lowest BCUT2D eigenvalue weighted by Gasteiger charge is -2.14. The second-order valence-electron chi connectivity index (χ2n) is 3.67. The first-order chi connectivity index (χ1) is 6.27. The lowest BCUT2D eigenvalue weighted by atomic mass is 10.00. The summed E-state index contributed by atoms with van der Waals surface area (Å²) in [7, 11) is 0. The minimum absolute atomic E-state index is 0.0309. The van der Waals surface area contributed by atoms with E-state index in [1.807, 2.05) is 6.07 Å². The minimum atomic E-state index is -0.0309. The van der Waals surface area contributed by atoms with Gasteiger partial charge in [0.25, 0.3) is 0 Å². The molecule has 1 aromatic heterocycles. The van der Waals surface area contributed by atoms with Crippen molar-refractivity contribution in [1.82, 2.24) is 4.98 Å². The summed E-state index contributed by atoms with van der Waals surface area (Å²) in [5, 5.41) is 0. The Morgan fingerprint density at radius 3 is 2.85 bits per heavy atom. The highest BCUT2D eigenvalue weighted by atomic mass is 16.1. The van der Waals surface area contributed by atoms with Crippen LogP contribution >= 0.6 is 0 Å². The van der Waals surface area contributed by atoms with Crippen molar-refractivity contribution in [1.29, 1.82) is 0 Å².